The van der Waals surface area contributed by atoms with Crippen LogP contribution >= 0.6 is 12.4 Å². The molecule has 2 aromatic rings. The van der Waals surface area contributed by atoms with E-state index in [0.29, 0.717) is 30.0 Å². The van der Waals surface area contributed by atoms with Gasteiger partial charge in [0.25, 0.3) is 0 Å². The highest BCUT2D eigenvalue weighted by atomic mass is 35.5. The zero-order valence-corrected chi connectivity index (χ0v) is 17.5. The third kappa shape index (κ3) is 3.92. The average Bonchev–Trinajstić information content (AvgIpc) is 3.45. The van der Waals surface area contributed by atoms with Gasteiger partial charge in [0, 0.05) is 24.5 Å². The monoisotopic (exact) mass is 398 g/mol. The Morgan fingerprint density at radius 1 is 1.04 bits per heavy atom. The van der Waals surface area contributed by atoms with E-state index >= 15 is 0 Å². The number of piperidine rings is 1. The Balaban J connectivity index is 0.00000192. The van der Waals surface area contributed by atoms with E-state index < -0.39 is 0 Å². The molecular formula is C24H31ClN2O. The lowest BCUT2D eigenvalue weighted by atomic mass is 9.89. The van der Waals surface area contributed by atoms with Crippen LogP contribution in [0.25, 0.3) is 10.8 Å². The van der Waals surface area contributed by atoms with Crippen molar-refractivity contribution in [3.63, 3.8) is 0 Å². The van der Waals surface area contributed by atoms with Gasteiger partial charge in [-0.25, -0.2) is 0 Å². The number of carbonyl (C=O) groups excluding carboxylic acids is 1. The molecule has 2 heterocycles. The van der Waals surface area contributed by atoms with Gasteiger partial charge in [0.1, 0.15) is 0 Å². The molecule has 2 saturated heterocycles. The maximum Gasteiger partial charge on any atom is 0.223 e. The second kappa shape index (κ2) is 8.04. The van der Waals surface area contributed by atoms with Gasteiger partial charge in [0.05, 0.1) is 6.04 Å². The normalized spacial score (nSPS) is 27.2. The molecule has 1 aliphatic carbocycles. The van der Waals surface area contributed by atoms with Gasteiger partial charge in [-0.1, -0.05) is 36.4 Å². The van der Waals surface area contributed by atoms with Crippen LogP contribution in [0.5, 0.6) is 0 Å². The number of benzene rings is 2. The van der Waals surface area contributed by atoms with Crippen LogP contribution < -0.4 is 5.32 Å². The standard InChI is InChI=1S/C24H30N2O.ClH/c1-16(19-7-6-18-4-2-3-5-20(18)15-19)26(23-10-11-23)24(27)14-17-12-21-8-9-22(13-17)25-21;/h2-7,15-17,21-23,25H,8-14H2,1H3;1H. The molecule has 5 rings (SSSR count). The summed E-state index contributed by atoms with van der Waals surface area (Å²) >= 11 is 0. The first-order chi connectivity index (χ1) is 13.2. The first-order valence-electron chi connectivity index (χ1n) is 10.7. The van der Waals surface area contributed by atoms with Crippen molar-refractivity contribution in [3.05, 3.63) is 48.0 Å². The molecule has 3 unspecified atom stereocenters. The number of halogens is 1. The van der Waals surface area contributed by atoms with Crippen molar-refractivity contribution in [3.8, 4) is 0 Å². The predicted octanol–water partition coefficient (Wildman–Crippen LogP) is 5.23. The molecule has 2 aromatic carbocycles. The minimum atomic E-state index is 0. The molecule has 3 nitrogen and oxygen atoms in total. The number of carbonyl (C=O) groups is 1. The third-order valence-electron chi connectivity index (χ3n) is 6.94. The highest BCUT2D eigenvalue weighted by Crippen LogP contribution is 2.38. The van der Waals surface area contributed by atoms with Crippen LogP contribution in [0.1, 0.15) is 63.5 Å². The first kappa shape index (κ1) is 19.7. The van der Waals surface area contributed by atoms with Crippen LogP contribution in [0, 0.1) is 5.92 Å². The molecule has 4 heteroatoms. The molecular weight excluding hydrogens is 368 g/mol. The van der Waals surface area contributed by atoms with Crippen LogP contribution in [0.3, 0.4) is 0 Å². The highest BCUT2D eigenvalue weighted by Gasteiger charge is 2.39. The van der Waals surface area contributed by atoms with E-state index in [1.54, 1.807) is 0 Å². The molecule has 2 aliphatic heterocycles. The Morgan fingerprint density at radius 3 is 2.39 bits per heavy atom. The van der Waals surface area contributed by atoms with Crippen molar-refractivity contribution < 1.29 is 4.79 Å². The van der Waals surface area contributed by atoms with Crippen LogP contribution in [0.4, 0.5) is 0 Å². The van der Waals surface area contributed by atoms with Gasteiger partial charge >= 0.3 is 0 Å². The zero-order valence-electron chi connectivity index (χ0n) is 16.6. The number of hydrogen-bond donors (Lipinski definition) is 1. The van der Waals surface area contributed by atoms with Crippen molar-refractivity contribution in [1.82, 2.24) is 10.2 Å². The molecule has 3 atom stereocenters. The summed E-state index contributed by atoms with van der Waals surface area (Å²) in [6.45, 7) is 2.21. The predicted molar refractivity (Wildman–Crippen MR) is 117 cm³/mol. The molecule has 150 valence electrons. The topological polar surface area (TPSA) is 32.3 Å². The smallest absolute Gasteiger partial charge is 0.223 e. The van der Waals surface area contributed by atoms with Crippen molar-refractivity contribution in [2.45, 2.75) is 76.0 Å². The van der Waals surface area contributed by atoms with Gasteiger partial charge in [-0.15, -0.1) is 12.4 Å². The number of hydrogen-bond acceptors (Lipinski definition) is 2. The Hall–Kier alpha value is -1.58. The summed E-state index contributed by atoms with van der Waals surface area (Å²) in [5.41, 5.74) is 1.26. The number of fused-ring (bicyclic) bond motifs is 3. The fourth-order valence-electron chi connectivity index (χ4n) is 5.41. The third-order valence-corrected chi connectivity index (χ3v) is 6.94. The minimum absolute atomic E-state index is 0. The van der Waals surface area contributed by atoms with Crippen molar-refractivity contribution in [2.24, 2.45) is 5.92 Å². The number of nitrogens with zero attached hydrogens (tertiary/aromatic N) is 1. The van der Waals surface area contributed by atoms with Gasteiger partial charge in [-0.3, -0.25) is 4.79 Å². The molecule has 0 radical (unpaired) electrons. The van der Waals surface area contributed by atoms with E-state index in [1.807, 2.05) is 0 Å². The van der Waals surface area contributed by atoms with E-state index in [9.17, 15) is 4.79 Å². The largest absolute Gasteiger partial charge is 0.333 e. The summed E-state index contributed by atoms with van der Waals surface area (Å²) in [5, 5.41) is 6.23. The van der Waals surface area contributed by atoms with Gasteiger partial charge < -0.3 is 10.2 Å². The van der Waals surface area contributed by atoms with E-state index in [-0.39, 0.29) is 18.4 Å². The molecule has 3 aliphatic rings. The van der Waals surface area contributed by atoms with E-state index in [4.69, 9.17) is 0 Å². The number of amides is 1. The molecule has 1 amide bonds. The summed E-state index contributed by atoms with van der Waals surface area (Å²) < 4.78 is 0. The zero-order chi connectivity index (χ0) is 18.4. The molecule has 2 bridgehead atoms. The highest BCUT2D eigenvalue weighted by molar-refractivity contribution is 5.85. The molecule has 28 heavy (non-hydrogen) atoms. The Morgan fingerprint density at radius 2 is 1.71 bits per heavy atom. The summed E-state index contributed by atoms with van der Waals surface area (Å²) in [7, 11) is 0. The Kier molecular flexibility index (Phi) is 5.66. The van der Waals surface area contributed by atoms with Gasteiger partial charge in [-0.05, 0) is 73.8 Å². The second-order valence-corrected chi connectivity index (χ2v) is 8.99. The van der Waals surface area contributed by atoms with Gasteiger partial charge in [-0.2, -0.15) is 0 Å². The quantitative estimate of drug-likeness (QED) is 0.747. The maximum absolute atomic E-state index is 13.3. The molecule has 3 fully saturated rings. The average molecular weight is 399 g/mol. The van der Waals surface area contributed by atoms with Gasteiger partial charge in [0.15, 0.2) is 0 Å². The van der Waals surface area contributed by atoms with Crippen LogP contribution in [0.2, 0.25) is 0 Å². The lowest BCUT2D eigenvalue weighted by molar-refractivity contribution is -0.135. The Labute approximate surface area is 174 Å². The van der Waals surface area contributed by atoms with E-state index in [2.05, 4.69) is 59.6 Å². The SMILES string of the molecule is CC(c1ccc2ccccc2c1)N(C(=O)CC1CC2CCC(C1)N2)C1CC1.Cl. The summed E-state index contributed by atoms with van der Waals surface area (Å²) in [6, 6.07) is 17.1. The number of rotatable bonds is 5. The molecule has 1 saturated carbocycles. The van der Waals surface area contributed by atoms with Crippen molar-refractivity contribution in [1.29, 1.82) is 0 Å². The van der Waals surface area contributed by atoms with Gasteiger partial charge in [0.2, 0.25) is 5.91 Å². The fourth-order valence-corrected chi connectivity index (χ4v) is 5.41. The van der Waals surface area contributed by atoms with E-state index in [1.165, 1.54) is 54.9 Å². The van der Waals surface area contributed by atoms with Crippen molar-refractivity contribution in [2.75, 3.05) is 0 Å². The summed E-state index contributed by atoms with van der Waals surface area (Å²) in [5.74, 6) is 0.950. The maximum atomic E-state index is 13.3. The van der Waals surface area contributed by atoms with Crippen LogP contribution in [-0.2, 0) is 4.79 Å². The molecule has 0 spiro atoms. The molecule has 0 aromatic heterocycles. The first-order valence-corrected chi connectivity index (χ1v) is 10.7. The molecule has 1 N–H and O–H groups in total. The van der Waals surface area contributed by atoms with Crippen LogP contribution in [0.15, 0.2) is 42.5 Å². The lowest BCUT2D eigenvalue weighted by Gasteiger charge is -2.34. The van der Waals surface area contributed by atoms with Crippen LogP contribution in [-0.4, -0.2) is 28.9 Å². The summed E-state index contributed by atoms with van der Waals surface area (Å²) in [6.07, 6.45) is 8.05. The summed E-state index contributed by atoms with van der Waals surface area (Å²) in [4.78, 5) is 15.5. The second-order valence-electron chi connectivity index (χ2n) is 8.99. The number of nitrogens with one attached hydrogen (secondary N) is 1. The van der Waals surface area contributed by atoms with Crippen molar-refractivity contribution >= 4 is 29.1 Å². The van der Waals surface area contributed by atoms with E-state index in [0.717, 1.165) is 6.42 Å². The lowest BCUT2D eigenvalue weighted by Crippen LogP contribution is -2.41. The minimum Gasteiger partial charge on any atom is -0.333 e. The Bertz CT molecular complexity index is 837. The fraction of sp³-hybridized carbons (Fsp3) is 0.542.